The summed E-state index contributed by atoms with van der Waals surface area (Å²) in [6.07, 6.45) is 4.14. The molecule has 3 heterocycles. The molecule has 1 aromatic carbocycles. The van der Waals surface area contributed by atoms with E-state index in [2.05, 4.69) is 10.4 Å². The summed E-state index contributed by atoms with van der Waals surface area (Å²) in [7, 11) is -3.84. The summed E-state index contributed by atoms with van der Waals surface area (Å²) in [4.78, 5) is 27.5. The molecule has 2 aromatic rings. The van der Waals surface area contributed by atoms with Gasteiger partial charge in [0.25, 0.3) is 0 Å². The van der Waals surface area contributed by atoms with Crippen molar-refractivity contribution in [3.05, 3.63) is 41.2 Å². The largest absolute Gasteiger partial charge is 0.353 e. The number of benzene rings is 1. The fraction of sp³-hybridized carbons (Fsp3) is 0.542. The molecule has 3 aliphatic rings. The van der Waals surface area contributed by atoms with Gasteiger partial charge in [0.15, 0.2) is 0 Å². The van der Waals surface area contributed by atoms with Gasteiger partial charge in [-0.05, 0) is 57.6 Å². The van der Waals surface area contributed by atoms with E-state index in [9.17, 15) is 18.0 Å². The number of aryl methyl sites for hydroxylation is 1. The summed E-state index contributed by atoms with van der Waals surface area (Å²) in [5.74, 6) is -0.506. The van der Waals surface area contributed by atoms with Crippen molar-refractivity contribution in [1.82, 2.24) is 19.4 Å². The van der Waals surface area contributed by atoms with Crippen LogP contribution in [0.5, 0.6) is 0 Å². The van der Waals surface area contributed by atoms with E-state index in [1.54, 1.807) is 18.7 Å². The van der Waals surface area contributed by atoms with E-state index < -0.39 is 10.0 Å². The molecular formula is C24H31N5O4S. The highest BCUT2D eigenvalue weighted by molar-refractivity contribution is 7.89. The molecule has 2 amide bonds. The van der Waals surface area contributed by atoms with Crippen LogP contribution in [0, 0.1) is 19.8 Å². The van der Waals surface area contributed by atoms with E-state index in [0.29, 0.717) is 37.3 Å². The summed E-state index contributed by atoms with van der Waals surface area (Å²) < 4.78 is 30.1. The number of nitrogens with one attached hydrogen (secondary N) is 1. The van der Waals surface area contributed by atoms with Crippen molar-refractivity contribution in [2.45, 2.75) is 63.4 Å². The first-order valence-corrected chi connectivity index (χ1v) is 13.4. The molecule has 10 heteroatoms. The average Bonchev–Trinajstić information content (AvgIpc) is 3.44. The molecule has 182 valence electrons. The number of piperidine rings is 1. The fourth-order valence-corrected chi connectivity index (χ4v) is 6.97. The predicted octanol–water partition coefficient (Wildman–Crippen LogP) is 1.77. The van der Waals surface area contributed by atoms with Crippen LogP contribution in [0.15, 0.2) is 29.2 Å². The van der Waals surface area contributed by atoms with E-state index >= 15 is 0 Å². The third-order valence-electron chi connectivity index (χ3n) is 7.06. The fourth-order valence-electron chi connectivity index (χ4n) is 5.07. The maximum absolute atomic E-state index is 13.6. The smallest absolute Gasteiger partial charge is 0.248 e. The normalized spacial score (nSPS) is 20.9. The highest BCUT2D eigenvalue weighted by Crippen LogP contribution is 2.30. The second kappa shape index (κ2) is 8.81. The average molecular weight is 486 g/mol. The number of nitrogens with zero attached hydrogens (tertiary/aromatic N) is 4. The number of hydrogen-bond donors (Lipinski definition) is 1. The number of fused-ring (bicyclic) bond motifs is 1. The first kappa shape index (κ1) is 23.0. The summed E-state index contributed by atoms with van der Waals surface area (Å²) in [5, 5.41) is 7.42. The number of carbonyl (C=O) groups is 2. The molecule has 1 atom stereocenters. The second-order valence-electron chi connectivity index (χ2n) is 9.57. The molecule has 1 aromatic heterocycles. The first-order valence-electron chi connectivity index (χ1n) is 12.0. The maximum Gasteiger partial charge on any atom is 0.248 e. The van der Waals surface area contributed by atoms with Gasteiger partial charge in [-0.2, -0.15) is 9.40 Å². The van der Waals surface area contributed by atoms with Crippen LogP contribution in [0.4, 0.5) is 5.69 Å². The molecule has 9 nitrogen and oxygen atoms in total. The summed E-state index contributed by atoms with van der Waals surface area (Å²) >= 11 is 0. The standard InChI is InChI=1S/C24H31N5O4S/c1-16-23(34(32,33)27-12-5-7-19(14-27)24(31)25-20-9-10-20)17(2)29(26-16)15-22(30)28-13-11-18-6-3-4-8-21(18)28/h3-4,6,8,19-20H,5,7,9-15H2,1-2H3,(H,25,31)/t19-/m1/s1. The highest BCUT2D eigenvalue weighted by Gasteiger charge is 2.38. The van der Waals surface area contributed by atoms with Gasteiger partial charge in [0, 0.05) is 31.4 Å². The second-order valence-corrected chi connectivity index (χ2v) is 11.4. The Kier molecular flexibility index (Phi) is 5.97. The molecule has 34 heavy (non-hydrogen) atoms. The van der Waals surface area contributed by atoms with Gasteiger partial charge in [0.2, 0.25) is 21.8 Å². The summed E-state index contributed by atoms with van der Waals surface area (Å²) in [5.41, 5.74) is 2.86. The Morgan fingerprint density at radius 3 is 2.65 bits per heavy atom. The number of anilines is 1. The monoisotopic (exact) mass is 485 g/mol. The van der Waals surface area contributed by atoms with Crippen molar-refractivity contribution in [3.63, 3.8) is 0 Å². The van der Waals surface area contributed by atoms with Crippen molar-refractivity contribution in [2.24, 2.45) is 5.92 Å². The molecule has 0 unspecified atom stereocenters. The van der Waals surface area contributed by atoms with E-state index in [-0.39, 0.29) is 41.8 Å². The maximum atomic E-state index is 13.6. The lowest BCUT2D eigenvalue weighted by atomic mass is 9.99. The zero-order valence-electron chi connectivity index (χ0n) is 19.7. The van der Waals surface area contributed by atoms with Crippen molar-refractivity contribution in [3.8, 4) is 0 Å². The van der Waals surface area contributed by atoms with E-state index in [0.717, 1.165) is 30.5 Å². The number of aromatic nitrogens is 2. The molecule has 0 spiro atoms. The molecular weight excluding hydrogens is 454 g/mol. The molecule has 0 radical (unpaired) electrons. The highest BCUT2D eigenvalue weighted by atomic mass is 32.2. The number of carbonyl (C=O) groups excluding carboxylic acids is 2. The molecule has 2 fully saturated rings. The lowest BCUT2D eigenvalue weighted by Crippen LogP contribution is -2.46. The van der Waals surface area contributed by atoms with Gasteiger partial charge in [-0.15, -0.1) is 0 Å². The van der Waals surface area contributed by atoms with Crippen LogP contribution in [0.1, 0.15) is 42.6 Å². The van der Waals surface area contributed by atoms with Gasteiger partial charge in [0.05, 0.1) is 17.3 Å². The van der Waals surface area contributed by atoms with Crippen LogP contribution in [-0.4, -0.2) is 60.0 Å². The number of hydrogen-bond acceptors (Lipinski definition) is 5. The lowest BCUT2D eigenvalue weighted by molar-refractivity contribution is -0.126. The van der Waals surface area contributed by atoms with Crippen molar-refractivity contribution in [1.29, 1.82) is 0 Å². The first-order chi connectivity index (χ1) is 16.3. The van der Waals surface area contributed by atoms with Crippen LogP contribution in [0.3, 0.4) is 0 Å². The molecule has 1 saturated carbocycles. The SMILES string of the molecule is Cc1nn(CC(=O)N2CCc3ccccc32)c(C)c1S(=O)(=O)N1CCC[C@@H](C(=O)NC2CC2)C1. The minimum atomic E-state index is -3.84. The van der Waals surface area contributed by atoms with Gasteiger partial charge in [-0.25, -0.2) is 8.42 Å². The number of rotatable bonds is 6. The third-order valence-corrected chi connectivity index (χ3v) is 9.18. The van der Waals surface area contributed by atoms with Crippen LogP contribution < -0.4 is 10.2 Å². The Labute approximate surface area is 200 Å². The van der Waals surface area contributed by atoms with Gasteiger partial charge in [0.1, 0.15) is 11.4 Å². The molecule has 5 rings (SSSR count). The number of para-hydroxylation sites is 1. The summed E-state index contributed by atoms with van der Waals surface area (Å²) in [6, 6.07) is 8.08. The van der Waals surface area contributed by atoms with Crippen LogP contribution in [0.25, 0.3) is 0 Å². The Bertz CT molecular complexity index is 1230. The molecule has 1 aliphatic carbocycles. The zero-order chi connectivity index (χ0) is 24.0. The van der Waals surface area contributed by atoms with Crippen LogP contribution in [0.2, 0.25) is 0 Å². The van der Waals surface area contributed by atoms with Gasteiger partial charge in [-0.1, -0.05) is 18.2 Å². The Morgan fingerprint density at radius 2 is 1.88 bits per heavy atom. The number of amides is 2. The molecule has 1 saturated heterocycles. The van der Waals surface area contributed by atoms with E-state index in [4.69, 9.17) is 0 Å². The molecule has 2 aliphatic heterocycles. The predicted molar refractivity (Wildman–Crippen MR) is 127 cm³/mol. The quantitative estimate of drug-likeness (QED) is 0.672. The Morgan fingerprint density at radius 1 is 1.12 bits per heavy atom. The van der Waals surface area contributed by atoms with Gasteiger partial charge < -0.3 is 10.2 Å². The van der Waals surface area contributed by atoms with Gasteiger partial charge >= 0.3 is 0 Å². The molecule has 0 bridgehead atoms. The minimum absolute atomic E-state index is 0.0249. The number of sulfonamides is 1. The Hall–Kier alpha value is -2.72. The van der Waals surface area contributed by atoms with Crippen molar-refractivity contribution < 1.29 is 18.0 Å². The zero-order valence-corrected chi connectivity index (χ0v) is 20.5. The van der Waals surface area contributed by atoms with Crippen molar-refractivity contribution in [2.75, 3.05) is 24.5 Å². The third kappa shape index (κ3) is 4.24. The van der Waals surface area contributed by atoms with Crippen molar-refractivity contribution >= 4 is 27.5 Å². The van der Waals surface area contributed by atoms with E-state index in [1.165, 1.54) is 8.99 Å². The topological polar surface area (TPSA) is 105 Å². The van der Waals surface area contributed by atoms with Gasteiger partial charge in [-0.3, -0.25) is 14.3 Å². The summed E-state index contributed by atoms with van der Waals surface area (Å²) in [6.45, 7) is 4.49. The molecule has 1 N–H and O–H groups in total. The Balaban J connectivity index is 1.34. The van der Waals surface area contributed by atoms with E-state index in [1.807, 2.05) is 24.3 Å². The lowest BCUT2D eigenvalue weighted by Gasteiger charge is -2.31. The van der Waals surface area contributed by atoms with Crippen LogP contribution in [-0.2, 0) is 32.6 Å². The van der Waals surface area contributed by atoms with Crippen LogP contribution >= 0.6 is 0 Å². The minimum Gasteiger partial charge on any atom is -0.353 e.